The molecule has 0 unspecified atom stereocenters. The zero-order valence-electron chi connectivity index (χ0n) is 14.2. The van der Waals surface area contributed by atoms with E-state index in [4.69, 9.17) is 9.47 Å². The molecule has 2 aromatic carbocycles. The van der Waals surface area contributed by atoms with Gasteiger partial charge in [0.2, 0.25) is 11.8 Å². The maximum Gasteiger partial charge on any atom is 0.237 e. The fraction of sp³-hybridized carbons (Fsp3) is 0.222. The first-order valence-electron chi connectivity index (χ1n) is 8.09. The number of halogens is 1. The van der Waals surface area contributed by atoms with Gasteiger partial charge in [-0.25, -0.2) is 4.39 Å². The quantitative estimate of drug-likeness (QED) is 0.784. The van der Waals surface area contributed by atoms with Crippen LogP contribution in [0.3, 0.4) is 0 Å². The molecule has 27 heavy (non-hydrogen) atoms. The van der Waals surface area contributed by atoms with E-state index >= 15 is 0 Å². The smallest absolute Gasteiger partial charge is 0.237 e. The molecular weight excluding hydrogens is 375 g/mol. The van der Waals surface area contributed by atoms with E-state index < -0.39 is 28.4 Å². The first-order valence-corrected chi connectivity index (χ1v) is 9.58. The van der Waals surface area contributed by atoms with E-state index in [9.17, 15) is 18.2 Å². The fourth-order valence-electron chi connectivity index (χ4n) is 2.39. The Balaban J connectivity index is 1.48. The van der Waals surface area contributed by atoms with Crippen molar-refractivity contribution in [3.05, 3.63) is 48.3 Å². The minimum Gasteiger partial charge on any atom is -0.486 e. The van der Waals surface area contributed by atoms with Crippen LogP contribution in [0.15, 0.2) is 42.5 Å². The van der Waals surface area contributed by atoms with Gasteiger partial charge >= 0.3 is 0 Å². The summed E-state index contributed by atoms with van der Waals surface area (Å²) in [4.78, 5) is 23.9. The predicted molar refractivity (Wildman–Crippen MR) is 99.0 cm³/mol. The van der Waals surface area contributed by atoms with Crippen LogP contribution in [0.4, 0.5) is 15.8 Å². The summed E-state index contributed by atoms with van der Waals surface area (Å²) in [6.07, 6.45) is 0. The molecule has 0 aromatic heterocycles. The number of rotatable bonds is 6. The molecule has 0 bridgehead atoms. The van der Waals surface area contributed by atoms with Crippen molar-refractivity contribution >= 4 is 34.0 Å². The van der Waals surface area contributed by atoms with E-state index in [0.717, 1.165) is 0 Å². The van der Waals surface area contributed by atoms with Gasteiger partial charge in [0.25, 0.3) is 0 Å². The lowest BCUT2D eigenvalue weighted by Gasteiger charge is -2.19. The molecule has 0 aliphatic carbocycles. The maximum atomic E-state index is 12.8. The van der Waals surface area contributed by atoms with Crippen LogP contribution in [0, 0.1) is 5.82 Å². The zero-order chi connectivity index (χ0) is 19.2. The largest absolute Gasteiger partial charge is 0.486 e. The third-order valence-electron chi connectivity index (χ3n) is 3.54. The van der Waals surface area contributed by atoms with E-state index in [0.29, 0.717) is 36.1 Å². The van der Waals surface area contributed by atoms with Gasteiger partial charge in [-0.2, -0.15) is 0 Å². The lowest BCUT2D eigenvalue weighted by Crippen LogP contribution is -2.26. The molecule has 1 heterocycles. The van der Waals surface area contributed by atoms with Crippen LogP contribution in [0.2, 0.25) is 0 Å². The number of fused-ring (bicyclic) bond motifs is 1. The number of ether oxygens (including phenoxy) is 2. The second-order valence-corrected chi connectivity index (χ2v) is 7.15. The Labute approximate surface area is 157 Å². The van der Waals surface area contributed by atoms with Gasteiger partial charge in [0.05, 0.1) is 0 Å². The highest BCUT2D eigenvalue weighted by atomic mass is 32.2. The molecule has 3 rings (SSSR count). The van der Waals surface area contributed by atoms with Crippen molar-refractivity contribution in [3.8, 4) is 11.5 Å². The number of anilines is 2. The Morgan fingerprint density at radius 1 is 0.889 bits per heavy atom. The van der Waals surface area contributed by atoms with Crippen LogP contribution in [0.1, 0.15) is 0 Å². The minimum absolute atomic E-state index is 0.328. The standard InChI is InChI=1S/C18H17FN2O5S/c19-12-1-3-13(4-2-12)20-17(22)10-27(24)11-18(23)21-14-5-6-15-16(9-14)26-8-7-25-15/h1-6,9H,7-8,10-11H2,(H,20,22)(H,21,23)/t27-/m1/s1. The van der Waals surface area contributed by atoms with Gasteiger partial charge in [-0.05, 0) is 36.4 Å². The Morgan fingerprint density at radius 3 is 2.11 bits per heavy atom. The van der Waals surface area contributed by atoms with Crippen molar-refractivity contribution in [3.63, 3.8) is 0 Å². The molecule has 1 atom stereocenters. The second-order valence-electron chi connectivity index (χ2n) is 5.69. The molecule has 9 heteroatoms. The topological polar surface area (TPSA) is 93.7 Å². The molecular formula is C18H17FN2O5S. The molecule has 0 fully saturated rings. The second kappa shape index (κ2) is 8.63. The van der Waals surface area contributed by atoms with E-state index in [2.05, 4.69) is 10.6 Å². The summed E-state index contributed by atoms with van der Waals surface area (Å²) in [5.74, 6) is -0.977. The van der Waals surface area contributed by atoms with Gasteiger partial charge in [0.15, 0.2) is 11.5 Å². The number of hydrogen-bond donors (Lipinski definition) is 2. The Bertz CT molecular complexity index is 873. The maximum absolute atomic E-state index is 12.8. The van der Waals surface area contributed by atoms with Gasteiger partial charge in [-0.3, -0.25) is 13.8 Å². The molecule has 0 spiro atoms. The van der Waals surface area contributed by atoms with E-state index in [1.807, 2.05) is 0 Å². The Hall–Kier alpha value is -2.94. The van der Waals surface area contributed by atoms with Gasteiger partial charge in [0.1, 0.15) is 30.5 Å². The molecule has 1 aliphatic heterocycles. The van der Waals surface area contributed by atoms with Crippen molar-refractivity contribution in [1.82, 2.24) is 0 Å². The minimum atomic E-state index is -1.69. The van der Waals surface area contributed by atoms with Gasteiger partial charge in [-0.15, -0.1) is 0 Å². The number of carbonyl (C=O) groups is 2. The lowest BCUT2D eigenvalue weighted by molar-refractivity contribution is -0.114. The number of amides is 2. The highest BCUT2D eigenvalue weighted by molar-refractivity contribution is 7.86. The predicted octanol–water partition coefficient (Wildman–Crippen LogP) is 1.92. The van der Waals surface area contributed by atoms with Gasteiger partial charge in [0, 0.05) is 28.2 Å². The summed E-state index contributed by atoms with van der Waals surface area (Å²) in [5, 5.41) is 5.11. The van der Waals surface area contributed by atoms with E-state index in [1.54, 1.807) is 18.2 Å². The summed E-state index contributed by atoms with van der Waals surface area (Å²) in [7, 11) is -1.69. The van der Waals surface area contributed by atoms with Crippen molar-refractivity contribution in [2.45, 2.75) is 0 Å². The summed E-state index contributed by atoms with van der Waals surface area (Å²) < 4.78 is 35.7. The molecule has 0 radical (unpaired) electrons. The summed E-state index contributed by atoms with van der Waals surface area (Å²) in [6, 6.07) is 10.1. The van der Waals surface area contributed by atoms with Crippen molar-refractivity contribution in [2.75, 3.05) is 35.4 Å². The van der Waals surface area contributed by atoms with Crippen molar-refractivity contribution < 1.29 is 27.7 Å². The number of nitrogens with one attached hydrogen (secondary N) is 2. The summed E-state index contributed by atoms with van der Waals surface area (Å²) in [5.41, 5.74) is 0.871. The first kappa shape index (κ1) is 18.8. The highest BCUT2D eigenvalue weighted by Gasteiger charge is 2.15. The number of benzene rings is 2. The average molecular weight is 392 g/mol. The average Bonchev–Trinajstić information content (AvgIpc) is 2.63. The summed E-state index contributed by atoms with van der Waals surface area (Å²) in [6.45, 7) is 0.898. The van der Waals surface area contributed by atoms with Gasteiger partial charge in [-0.1, -0.05) is 0 Å². The molecule has 2 amide bonds. The van der Waals surface area contributed by atoms with Crippen LogP contribution in [0.5, 0.6) is 11.5 Å². The normalized spacial score (nSPS) is 13.5. The molecule has 7 nitrogen and oxygen atoms in total. The summed E-state index contributed by atoms with van der Waals surface area (Å²) >= 11 is 0. The zero-order valence-corrected chi connectivity index (χ0v) is 15.0. The molecule has 2 aromatic rings. The van der Waals surface area contributed by atoms with Crippen LogP contribution in [-0.2, 0) is 20.4 Å². The number of carbonyl (C=O) groups excluding carboxylic acids is 2. The first-order chi connectivity index (χ1) is 13.0. The van der Waals surface area contributed by atoms with Crippen molar-refractivity contribution in [2.24, 2.45) is 0 Å². The Kier molecular flexibility index (Phi) is 6.02. The van der Waals surface area contributed by atoms with Gasteiger partial charge < -0.3 is 20.1 Å². The SMILES string of the molecule is O=C(C[S@@](=O)CC(=O)Nc1ccc2c(c1)OCCO2)Nc1ccc(F)cc1. The molecule has 0 saturated carbocycles. The molecule has 1 aliphatic rings. The third kappa shape index (κ3) is 5.52. The highest BCUT2D eigenvalue weighted by Crippen LogP contribution is 2.32. The van der Waals surface area contributed by atoms with Crippen LogP contribution < -0.4 is 20.1 Å². The van der Waals surface area contributed by atoms with Crippen LogP contribution in [-0.4, -0.2) is 40.7 Å². The molecule has 142 valence electrons. The fourth-order valence-corrected chi connectivity index (χ4v) is 3.22. The van der Waals surface area contributed by atoms with E-state index in [-0.39, 0.29) is 11.5 Å². The molecule has 2 N–H and O–H groups in total. The monoisotopic (exact) mass is 392 g/mol. The lowest BCUT2D eigenvalue weighted by atomic mass is 10.2. The number of hydrogen-bond acceptors (Lipinski definition) is 5. The van der Waals surface area contributed by atoms with Crippen LogP contribution >= 0.6 is 0 Å². The van der Waals surface area contributed by atoms with E-state index in [1.165, 1.54) is 24.3 Å². The third-order valence-corrected chi connectivity index (χ3v) is 4.71. The molecule has 0 saturated heterocycles. The van der Waals surface area contributed by atoms with Crippen molar-refractivity contribution in [1.29, 1.82) is 0 Å². The van der Waals surface area contributed by atoms with Crippen LogP contribution in [0.25, 0.3) is 0 Å². The Morgan fingerprint density at radius 2 is 1.44 bits per heavy atom.